The van der Waals surface area contributed by atoms with E-state index < -0.39 is 5.97 Å². The molecular weight excluding hydrogens is 270 g/mol. The second kappa shape index (κ2) is 6.09. The number of aromatic carboxylic acids is 1. The van der Waals surface area contributed by atoms with Crippen LogP contribution in [0.1, 0.15) is 31.8 Å². The lowest BCUT2D eigenvalue weighted by molar-refractivity contribution is 0.0696. The predicted molar refractivity (Wildman–Crippen MR) is 77.4 cm³/mol. The lowest BCUT2D eigenvalue weighted by Gasteiger charge is -2.07. The van der Waals surface area contributed by atoms with E-state index in [0.29, 0.717) is 16.7 Å². The van der Waals surface area contributed by atoms with E-state index in [2.05, 4.69) is 5.32 Å². The summed E-state index contributed by atoms with van der Waals surface area (Å²) in [5, 5.41) is 21.1. The van der Waals surface area contributed by atoms with Crippen molar-refractivity contribution < 1.29 is 19.8 Å². The quantitative estimate of drug-likeness (QED) is 0.804. The third-order valence-electron chi connectivity index (χ3n) is 3.09. The summed E-state index contributed by atoms with van der Waals surface area (Å²) in [5.74, 6) is -1.14. The van der Waals surface area contributed by atoms with Crippen LogP contribution in [0.5, 0.6) is 5.75 Å². The number of hydrogen-bond acceptors (Lipinski definition) is 3. The number of aromatic hydroxyl groups is 1. The summed E-state index contributed by atoms with van der Waals surface area (Å²) in [4.78, 5) is 22.9. The Balaban J connectivity index is 2.05. The normalized spacial score (nSPS) is 10.1. The highest BCUT2D eigenvalue weighted by molar-refractivity contribution is 5.94. The standard InChI is InChI=1S/C16H15NO4/c1-10-7-12(5-6-14(10)18)15(19)17-9-11-3-2-4-13(8-11)16(20)21/h2-8,18H,9H2,1H3,(H,17,19)(H,20,21). The fourth-order valence-corrected chi connectivity index (χ4v) is 1.90. The van der Waals surface area contributed by atoms with E-state index in [9.17, 15) is 14.7 Å². The fourth-order valence-electron chi connectivity index (χ4n) is 1.90. The molecule has 108 valence electrons. The summed E-state index contributed by atoms with van der Waals surface area (Å²) < 4.78 is 0. The molecule has 0 aliphatic heterocycles. The molecule has 5 nitrogen and oxygen atoms in total. The molecule has 1 amide bonds. The third kappa shape index (κ3) is 3.60. The summed E-state index contributed by atoms with van der Waals surface area (Å²) in [7, 11) is 0. The Kier molecular flexibility index (Phi) is 4.23. The molecule has 0 saturated heterocycles. The van der Waals surface area contributed by atoms with Crippen molar-refractivity contribution >= 4 is 11.9 Å². The van der Waals surface area contributed by atoms with Gasteiger partial charge in [-0.15, -0.1) is 0 Å². The highest BCUT2D eigenvalue weighted by Gasteiger charge is 2.08. The first-order valence-corrected chi connectivity index (χ1v) is 6.37. The molecule has 2 rings (SSSR count). The number of amides is 1. The predicted octanol–water partition coefficient (Wildman–Crippen LogP) is 2.33. The zero-order chi connectivity index (χ0) is 15.4. The van der Waals surface area contributed by atoms with Crippen LogP contribution in [0.15, 0.2) is 42.5 Å². The Morgan fingerprint density at radius 3 is 2.52 bits per heavy atom. The number of benzene rings is 2. The average Bonchev–Trinajstić information content (AvgIpc) is 2.48. The molecule has 21 heavy (non-hydrogen) atoms. The Hall–Kier alpha value is -2.82. The molecular formula is C16H15NO4. The first-order chi connectivity index (χ1) is 9.97. The summed E-state index contributed by atoms with van der Waals surface area (Å²) in [6.07, 6.45) is 0. The number of nitrogens with one attached hydrogen (secondary N) is 1. The van der Waals surface area contributed by atoms with Gasteiger partial charge in [-0.3, -0.25) is 4.79 Å². The number of carboxylic acids is 1. The number of carbonyl (C=O) groups excluding carboxylic acids is 1. The first kappa shape index (κ1) is 14.6. The molecule has 3 N–H and O–H groups in total. The molecule has 5 heteroatoms. The van der Waals surface area contributed by atoms with E-state index >= 15 is 0 Å². The van der Waals surface area contributed by atoms with Crippen LogP contribution < -0.4 is 5.32 Å². The summed E-state index contributed by atoms with van der Waals surface area (Å²) in [5.41, 5.74) is 1.95. The Morgan fingerprint density at radius 2 is 1.86 bits per heavy atom. The highest BCUT2D eigenvalue weighted by Crippen LogP contribution is 2.17. The van der Waals surface area contributed by atoms with E-state index in [1.165, 1.54) is 24.3 Å². The van der Waals surface area contributed by atoms with Gasteiger partial charge in [0, 0.05) is 12.1 Å². The van der Waals surface area contributed by atoms with E-state index in [0.717, 1.165) is 0 Å². The molecule has 0 heterocycles. The van der Waals surface area contributed by atoms with Crippen molar-refractivity contribution in [2.24, 2.45) is 0 Å². The van der Waals surface area contributed by atoms with Crippen molar-refractivity contribution in [2.75, 3.05) is 0 Å². The molecule has 0 radical (unpaired) electrons. The zero-order valence-electron chi connectivity index (χ0n) is 11.5. The number of carbonyl (C=O) groups is 2. The van der Waals surface area contributed by atoms with Gasteiger partial charge in [0.25, 0.3) is 5.91 Å². The van der Waals surface area contributed by atoms with E-state index in [4.69, 9.17) is 5.11 Å². The zero-order valence-corrected chi connectivity index (χ0v) is 11.5. The maximum absolute atomic E-state index is 12.0. The third-order valence-corrected chi connectivity index (χ3v) is 3.09. The Morgan fingerprint density at radius 1 is 1.10 bits per heavy atom. The minimum Gasteiger partial charge on any atom is -0.508 e. The van der Waals surface area contributed by atoms with Gasteiger partial charge in [-0.2, -0.15) is 0 Å². The number of aryl methyl sites for hydroxylation is 1. The molecule has 0 aliphatic carbocycles. The van der Waals surface area contributed by atoms with Crippen molar-refractivity contribution in [1.82, 2.24) is 5.32 Å². The van der Waals surface area contributed by atoms with Gasteiger partial charge < -0.3 is 15.5 Å². The molecule has 0 saturated carbocycles. The number of phenols is 1. The lowest BCUT2D eigenvalue weighted by Crippen LogP contribution is -2.22. The molecule has 0 fully saturated rings. The molecule has 2 aromatic carbocycles. The molecule has 0 aliphatic rings. The first-order valence-electron chi connectivity index (χ1n) is 6.37. The minimum absolute atomic E-state index is 0.140. The van der Waals surface area contributed by atoms with Crippen LogP contribution in [0.25, 0.3) is 0 Å². The molecule has 0 unspecified atom stereocenters. The van der Waals surface area contributed by atoms with E-state index in [1.807, 2.05) is 0 Å². The van der Waals surface area contributed by atoms with Crippen LogP contribution in [0.3, 0.4) is 0 Å². The van der Waals surface area contributed by atoms with E-state index in [1.54, 1.807) is 25.1 Å². The van der Waals surface area contributed by atoms with Crippen molar-refractivity contribution in [2.45, 2.75) is 13.5 Å². The summed E-state index contributed by atoms with van der Waals surface area (Å²) >= 11 is 0. The van der Waals surface area contributed by atoms with Gasteiger partial charge >= 0.3 is 5.97 Å². The lowest BCUT2D eigenvalue weighted by atomic mass is 10.1. The van der Waals surface area contributed by atoms with Crippen LogP contribution in [0.4, 0.5) is 0 Å². The SMILES string of the molecule is Cc1cc(C(=O)NCc2cccc(C(=O)O)c2)ccc1O. The van der Waals surface area contributed by atoms with Gasteiger partial charge in [-0.05, 0) is 48.4 Å². The Bertz CT molecular complexity index is 694. The number of phenolic OH excluding ortho intramolecular Hbond substituents is 1. The molecule has 2 aromatic rings. The van der Waals surface area contributed by atoms with Crippen LogP contribution >= 0.6 is 0 Å². The second-order valence-electron chi connectivity index (χ2n) is 4.69. The van der Waals surface area contributed by atoms with Gasteiger partial charge in [0.1, 0.15) is 5.75 Å². The number of carboxylic acid groups (broad SMARTS) is 1. The van der Waals surface area contributed by atoms with Crippen LogP contribution in [-0.2, 0) is 6.54 Å². The largest absolute Gasteiger partial charge is 0.508 e. The summed E-state index contributed by atoms with van der Waals surface area (Å²) in [6.45, 7) is 1.95. The monoisotopic (exact) mass is 285 g/mol. The van der Waals surface area contributed by atoms with Crippen molar-refractivity contribution in [1.29, 1.82) is 0 Å². The van der Waals surface area contributed by atoms with Crippen molar-refractivity contribution in [3.05, 3.63) is 64.7 Å². The Labute approximate surface area is 121 Å². The molecule has 0 spiro atoms. The molecule has 0 aromatic heterocycles. The number of hydrogen-bond donors (Lipinski definition) is 3. The minimum atomic E-state index is -1.00. The smallest absolute Gasteiger partial charge is 0.335 e. The highest BCUT2D eigenvalue weighted by atomic mass is 16.4. The molecule has 0 bridgehead atoms. The van der Waals surface area contributed by atoms with Crippen LogP contribution in [0, 0.1) is 6.92 Å². The van der Waals surface area contributed by atoms with Gasteiger partial charge in [-0.25, -0.2) is 4.79 Å². The van der Waals surface area contributed by atoms with Crippen molar-refractivity contribution in [3.8, 4) is 5.75 Å². The van der Waals surface area contributed by atoms with Crippen LogP contribution in [-0.4, -0.2) is 22.1 Å². The second-order valence-corrected chi connectivity index (χ2v) is 4.69. The van der Waals surface area contributed by atoms with Crippen LogP contribution in [0.2, 0.25) is 0 Å². The van der Waals surface area contributed by atoms with Gasteiger partial charge in [-0.1, -0.05) is 12.1 Å². The van der Waals surface area contributed by atoms with Gasteiger partial charge in [0.2, 0.25) is 0 Å². The number of rotatable bonds is 4. The topological polar surface area (TPSA) is 86.6 Å². The molecule has 0 atom stereocenters. The summed E-state index contributed by atoms with van der Waals surface area (Å²) in [6, 6.07) is 11.0. The average molecular weight is 285 g/mol. The van der Waals surface area contributed by atoms with Crippen molar-refractivity contribution in [3.63, 3.8) is 0 Å². The fraction of sp³-hybridized carbons (Fsp3) is 0.125. The van der Waals surface area contributed by atoms with Gasteiger partial charge in [0.15, 0.2) is 0 Å². The maximum atomic E-state index is 12.0. The maximum Gasteiger partial charge on any atom is 0.335 e. The van der Waals surface area contributed by atoms with E-state index in [-0.39, 0.29) is 23.8 Å². The van der Waals surface area contributed by atoms with Gasteiger partial charge in [0.05, 0.1) is 5.56 Å².